The largest absolute Gasteiger partial charge is 0.479 e. The molecule has 20 heavy (non-hydrogen) atoms. The van der Waals surface area contributed by atoms with Crippen LogP contribution in [0.1, 0.15) is 19.4 Å². The molecule has 2 N–H and O–H groups in total. The summed E-state index contributed by atoms with van der Waals surface area (Å²) >= 11 is 0. The summed E-state index contributed by atoms with van der Waals surface area (Å²) in [6.45, 7) is 5.05. The lowest BCUT2D eigenvalue weighted by molar-refractivity contribution is -0.128. The Morgan fingerprint density at radius 3 is 2.85 bits per heavy atom. The van der Waals surface area contributed by atoms with Gasteiger partial charge in [-0.1, -0.05) is 12.1 Å². The molecule has 0 aromatic heterocycles. The van der Waals surface area contributed by atoms with Crippen molar-refractivity contribution in [2.45, 2.75) is 20.4 Å². The minimum absolute atomic E-state index is 0.0103. The first-order valence-electron chi connectivity index (χ1n) is 6.51. The van der Waals surface area contributed by atoms with Crippen LogP contribution in [0, 0.1) is 16.7 Å². The van der Waals surface area contributed by atoms with Gasteiger partial charge in [-0.15, -0.1) is 0 Å². The van der Waals surface area contributed by atoms with Gasteiger partial charge < -0.3 is 15.4 Å². The summed E-state index contributed by atoms with van der Waals surface area (Å²) < 4.78 is 5.25. The van der Waals surface area contributed by atoms with Gasteiger partial charge in [0.05, 0.1) is 5.41 Å². The van der Waals surface area contributed by atoms with Crippen LogP contribution < -0.4 is 15.4 Å². The minimum Gasteiger partial charge on any atom is -0.479 e. The zero-order chi connectivity index (χ0) is 15.0. The topological polar surface area (TPSA) is 74.2 Å². The summed E-state index contributed by atoms with van der Waals surface area (Å²) in [6, 6.07) is 9.49. The molecule has 0 atom stereocenters. The van der Waals surface area contributed by atoms with Crippen molar-refractivity contribution in [3.8, 4) is 11.8 Å². The molecule has 0 fully saturated rings. The van der Waals surface area contributed by atoms with Crippen molar-refractivity contribution in [1.82, 2.24) is 10.6 Å². The minimum atomic E-state index is -0.455. The number of hydrogen-bond donors (Lipinski definition) is 2. The molecule has 1 amide bonds. The van der Waals surface area contributed by atoms with E-state index >= 15 is 0 Å². The Balaban J connectivity index is 2.50. The van der Waals surface area contributed by atoms with E-state index in [0.29, 0.717) is 18.8 Å². The van der Waals surface area contributed by atoms with E-state index in [4.69, 9.17) is 10.00 Å². The Labute approximate surface area is 119 Å². The number of ether oxygens (including phenoxy) is 1. The molecule has 1 aromatic rings. The van der Waals surface area contributed by atoms with Gasteiger partial charge in [-0.25, -0.2) is 0 Å². The maximum atomic E-state index is 11.6. The standard InChI is InChI=1S/C15H21N3O2/c1-15(2,14(19)17-3)11-18-10-12-5-4-6-13(9-12)20-8-7-16/h4-6,9,18H,8,10-11H2,1-3H3,(H,17,19). The summed E-state index contributed by atoms with van der Waals surface area (Å²) in [5, 5.41) is 14.4. The average molecular weight is 275 g/mol. The zero-order valence-electron chi connectivity index (χ0n) is 12.2. The Hall–Kier alpha value is -2.06. The van der Waals surface area contributed by atoms with Gasteiger partial charge >= 0.3 is 0 Å². The van der Waals surface area contributed by atoms with Crippen LogP contribution in [0.15, 0.2) is 24.3 Å². The van der Waals surface area contributed by atoms with E-state index < -0.39 is 5.41 Å². The predicted molar refractivity (Wildman–Crippen MR) is 77.1 cm³/mol. The molecule has 0 aliphatic rings. The molecule has 0 saturated heterocycles. The van der Waals surface area contributed by atoms with Crippen molar-refractivity contribution in [3.63, 3.8) is 0 Å². The fraction of sp³-hybridized carbons (Fsp3) is 0.467. The molecule has 0 aliphatic heterocycles. The van der Waals surface area contributed by atoms with E-state index in [9.17, 15) is 4.79 Å². The lowest BCUT2D eigenvalue weighted by Gasteiger charge is -2.23. The Morgan fingerprint density at radius 2 is 2.20 bits per heavy atom. The fourth-order valence-corrected chi connectivity index (χ4v) is 1.80. The monoisotopic (exact) mass is 275 g/mol. The van der Waals surface area contributed by atoms with Crippen molar-refractivity contribution in [2.75, 3.05) is 20.2 Å². The van der Waals surface area contributed by atoms with E-state index in [2.05, 4.69) is 10.6 Å². The maximum Gasteiger partial charge on any atom is 0.226 e. The van der Waals surface area contributed by atoms with Crippen LogP contribution in [0.3, 0.4) is 0 Å². The van der Waals surface area contributed by atoms with Crippen molar-refractivity contribution < 1.29 is 9.53 Å². The van der Waals surface area contributed by atoms with E-state index in [1.165, 1.54) is 0 Å². The second-order valence-corrected chi connectivity index (χ2v) is 5.16. The Bertz CT molecular complexity index is 492. The molecule has 5 nitrogen and oxygen atoms in total. The molecule has 0 spiro atoms. The van der Waals surface area contributed by atoms with Crippen molar-refractivity contribution in [2.24, 2.45) is 5.41 Å². The number of hydrogen-bond acceptors (Lipinski definition) is 4. The first-order valence-corrected chi connectivity index (χ1v) is 6.51. The van der Waals surface area contributed by atoms with Crippen LogP contribution in [0.2, 0.25) is 0 Å². The predicted octanol–water partition coefficient (Wildman–Crippen LogP) is 1.45. The van der Waals surface area contributed by atoms with E-state index in [1.807, 2.05) is 44.2 Å². The van der Waals surface area contributed by atoms with Gasteiger partial charge in [-0.3, -0.25) is 4.79 Å². The van der Waals surface area contributed by atoms with Crippen LogP contribution >= 0.6 is 0 Å². The van der Waals surface area contributed by atoms with Crippen LogP contribution in [0.4, 0.5) is 0 Å². The third-order valence-corrected chi connectivity index (χ3v) is 2.94. The van der Waals surface area contributed by atoms with Crippen molar-refractivity contribution in [1.29, 1.82) is 5.26 Å². The molecule has 1 aromatic carbocycles. The van der Waals surface area contributed by atoms with Crippen molar-refractivity contribution in [3.05, 3.63) is 29.8 Å². The highest BCUT2D eigenvalue weighted by Gasteiger charge is 2.25. The molecule has 1 rings (SSSR count). The number of nitrogens with one attached hydrogen (secondary N) is 2. The number of carbonyl (C=O) groups excluding carboxylic acids is 1. The Morgan fingerprint density at radius 1 is 1.45 bits per heavy atom. The SMILES string of the molecule is CNC(=O)C(C)(C)CNCc1cccc(OCC#N)c1. The van der Waals surface area contributed by atoms with Gasteiger partial charge in [0.2, 0.25) is 5.91 Å². The molecule has 0 unspecified atom stereocenters. The lowest BCUT2D eigenvalue weighted by atomic mass is 9.92. The molecule has 5 heteroatoms. The fourth-order valence-electron chi connectivity index (χ4n) is 1.80. The van der Waals surface area contributed by atoms with E-state index in [0.717, 1.165) is 5.56 Å². The Kier molecular flexibility index (Phi) is 6.01. The molecular weight excluding hydrogens is 254 g/mol. The van der Waals surface area contributed by atoms with Crippen molar-refractivity contribution >= 4 is 5.91 Å². The number of amides is 1. The lowest BCUT2D eigenvalue weighted by Crippen LogP contribution is -2.41. The highest BCUT2D eigenvalue weighted by molar-refractivity contribution is 5.81. The van der Waals surface area contributed by atoms with Gasteiger partial charge in [-0.2, -0.15) is 5.26 Å². The van der Waals surface area contributed by atoms with Gasteiger partial charge in [0.1, 0.15) is 11.8 Å². The summed E-state index contributed by atoms with van der Waals surface area (Å²) in [5.74, 6) is 0.688. The third-order valence-electron chi connectivity index (χ3n) is 2.94. The van der Waals surface area contributed by atoms with Gasteiger partial charge in [0.25, 0.3) is 0 Å². The highest BCUT2D eigenvalue weighted by atomic mass is 16.5. The smallest absolute Gasteiger partial charge is 0.226 e. The normalized spacial score (nSPS) is 10.7. The van der Waals surface area contributed by atoms with Crippen LogP contribution in [0.25, 0.3) is 0 Å². The van der Waals surface area contributed by atoms with Crippen LogP contribution in [0.5, 0.6) is 5.75 Å². The summed E-state index contributed by atoms with van der Waals surface area (Å²) in [5.41, 5.74) is 0.595. The van der Waals surface area contributed by atoms with Crippen LogP contribution in [-0.4, -0.2) is 26.1 Å². The number of nitriles is 1. The average Bonchev–Trinajstić information content (AvgIpc) is 2.44. The molecule has 0 radical (unpaired) electrons. The molecular formula is C15H21N3O2. The molecule has 0 aliphatic carbocycles. The second-order valence-electron chi connectivity index (χ2n) is 5.16. The quantitative estimate of drug-likeness (QED) is 0.790. The van der Waals surface area contributed by atoms with E-state index in [-0.39, 0.29) is 12.5 Å². The zero-order valence-corrected chi connectivity index (χ0v) is 12.2. The van der Waals surface area contributed by atoms with Gasteiger partial charge in [0.15, 0.2) is 6.61 Å². The molecule has 0 bridgehead atoms. The van der Waals surface area contributed by atoms with Gasteiger partial charge in [-0.05, 0) is 31.5 Å². The first kappa shape index (κ1) is 16.0. The summed E-state index contributed by atoms with van der Waals surface area (Å²) in [4.78, 5) is 11.6. The first-order chi connectivity index (χ1) is 9.49. The summed E-state index contributed by atoms with van der Waals surface area (Å²) in [7, 11) is 1.64. The molecule has 108 valence electrons. The molecule has 0 heterocycles. The number of rotatable bonds is 7. The number of carbonyl (C=O) groups is 1. The maximum absolute atomic E-state index is 11.6. The number of benzene rings is 1. The summed E-state index contributed by atoms with van der Waals surface area (Å²) in [6.07, 6.45) is 0. The number of nitrogens with zero attached hydrogens (tertiary/aromatic N) is 1. The van der Waals surface area contributed by atoms with Crippen LogP contribution in [-0.2, 0) is 11.3 Å². The second kappa shape index (κ2) is 7.51. The highest BCUT2D eigenvalue weighted by Crippen LogP contribution is 2.15. The third kappa shape index (κ3) is 4.90. The van der Waals surface area contributed by atoms with Gasteiger partial charge in [0, 0.05) is 20.1 Å². The molecule has 0 saturated carbocycles. The van der Waals surface area contributed by atoms with E-state index in [1.54, 1.807) is 7.05 Å².